The highest BCUT2D eigenvalue weighted by atomic mass is 32.1. The monoisotopic (exact) mass is 290 g/mol. The van der Waals surface area contributed by atoms with Gasteiger partial charge >= 0.3 is 0 Å². The Hall–Kier alpha value is -1.46. The van der Waals surface area contributed by atoms with E-state index in [0.29, 0.717) is 0 Å². The summed E-state index contributed by atoms with van der Waals surface area (Å²) in [5.74, 6) is 0. The number of anilines is 1. The molecule has 0 bridgehead atoms. The molecule has 20 heavy (non-hydrogen) atoms. The normalized spacial score (nSPS) is 10.7. The number of hydrogen-bond acceptors (Lipinski definition) is 5. The van der Waals surface area contributed by atoms with E-state index in [2.05, 4.69) is 46.6 Å². The van der Waals surface area contributed by atoms with Gasteiger partial charge in [0.05, 0.1) is 5.69 Å². The first kappa shape index (κ1) is 14.9. The fourth-order valence-corrected chi connectivity index (χ4v) is 2.83. The first-order valence-corrected chi connectivity index (χ1v) is 8.00. The maximum absolute atomic E-state index is 4.72. The van der Waals surface area contributed by atoms with Gasteiger partial charge in [-0.15, -0.1) is 11.3 Å². The summed E-state index contributed by atoms with van der Waals surface area (Å²) in [6.45, 7) is 8.08. The van der Waals surface area contributed by atoms with Crippen molar-refractivity contribution in [3.05, 3.63) is 41.2 Å². The molecule has 0 aliphatic heterocycles. The van der Waals surface area contributed by atoms with Crippen LogP contribution in [-0.4, -0.2) is 23.1 Å². The van der Waals surface area contributed by atoms with Gasteiger partial charge < -0.3 is 10.2 Å². The van der Waals surface area contributed by atoms with Gasteiger partial charge in [0.25, 0.3) is 0 Å². The van der Waals surface area contributed by atoms with Crippen LogP contribution in [0.2, 0.25) is 0 Å². The SMILES string of the molecule is CCCNCc1csc(N(CC)Cc2ccncc2)n1. The van der Waals surface area contributed by atoms with Gasteiger partial charge in [-0.3, -0.25) is 4.98 Å². The minimum absolute atomic E-state index is 0.858. The van der Waals surface area contributed by atoms with Gasteiger partial charge in [-0.05, 0) is 37.6 Å². The van der Waals surface area contributed by atoms with Crippen molar-refractivity contribution in [2.75, 3.05) is 18.0 Å². The molecule has 1 N–H and O–H groups in total. The third-order valence-corrected chi connectivity index (χ3v) is 4.00. The molecule has 0 spiro atoms. The van der Waals surface area contributed by atoms with Gasteiger partial charge in [-0.2, -0.15) is 0 Å². The van der Waals surface area contributed by atoms with E-state index < -0.39 is 0 Å². The zero-order valence-corrected chi connectivity index (χ0v) is 13.0. The van der Waals surface area contributed by atoms with Crippen LogP contribution in [0.15, 0.2) is 29.9 Å². The van der Waals surface area contributed by atoms with Crippen LogP contribution in [0.1, 0.15) is 31.5 Å². The number of aromatic nitrogens is 2. The molecule has 0 atom stereocenters. The van der Waals surface area contributed by atoms with E-state index in [4.69, 9.17) is 4.98 Å². The molecule has 2 rings (SSSR count). The van der Waals surface area contributed by atoms with E-state index in [-0.39, 0.29) is 0 Å². The second-order valence-corrected chi connectivity index (χ2v) is 5.50. The van der Waals surface area contributed by atoms with E-state index in [1.807, 2.05) is 12.4 Å². The molecule has 0 fully saturated rings. The van der Waals surface area contributed by atoms with Crippen molar-refractivity contribution in [2.24, 2.45) is 0 Å². The molecule has 0 amide bonds. The fourth-order valence-electron chi connectivity index (χ4n) is 1.94. The van der Waals surface area contributed by atoms with Crippen LogP contribution in [0.4, 0.5) is 5.13 Å². The molecule has 2 heterocycles. The average molecular weight is 290 g/mol. The molecule has 0 aromatic carbocycles. The van der Waals surface area contributed by atoms with Crippen LogP contribution in [0.3, 0.4) is 0 Å². The molecule has 108 valence electrons. The third-order valence-electron chi connectivity index (χ3n) is 3.05. The maximum atomic E-state index is 4.72. The fraction of sp³-hybridized carbons (Fsp3) is 0.467. The zero-order chi connectivity index (χ0) is 14.2. The lowest BCUT2D eigenvalue weighted by Gasteiger charge is -2.19. The molecule has 2 aromatic heterocycles. The summed E-state index contributed by atoms with van der Waals surface area (Å²) in [6, 6.07) is 4.11. The highest BCUT2D eigenvalue weighted by Crippen LogP contribution is 2.22. The molecule has 0 unspecified atom stereocenters. The van der Waals surface area contributed by atoms with Crippen molar-refractivity contribution in [2.45, 2.75) is 33.4 Å². The van der Waals surface area contributed by atoms with Crippen LogP contribution in [-0.2, 0) is 13.1 Å². The van der Waals surface area contributed by atoms with Crippen LogP contribution in [0.25, 0.3) is 0 Å². The largest absolute Gasteiger partial charge is 0.344 e. The van der Waals surface area contributed by atoms with E-state index in [0.717, 1.165) is 43.4 Å². The van der Waals surface area contributed by atoms with E-state index in [1.165, 1.54) is 5.56 Å². The summed E-state index contributed by atoms with van der Waals surface area (Å²) in [7, 11) is 0. The van der Waals surface area contributed by atoms with E-state index in [9.17, 15) is 0 Å². The Kier molecular flexibility index (Phi) is 5.95. The van der Waals surface area contributed by atoms with E-state index >= 15 is 0 Å². The maximum Gasteiger partial charge on any atom is 0.185 e. The molecule has 0 aliphatic rings. The number of pyridine rings is 1. The first-order valence-electron chi connectivity index (χ1n) is 7.12. The Morgan fingerprint density at radius 3 is 2.75 bits per heavy atom. The summed E-state index contributed by atoms with van der Waals surface area (Å²) in [6.07, 6.45) is 4.83. The van der Waals surface area contributed by atoms with Crippen molar-refractivity contribution in [3.63, 3.8) is 0 Å². The van der Waals surface area contributed by atoms with Crippen molar-refractivity contribution >= 4 is 16.5 Å². The molecule has 2 aromatic rings. The molecular weight excluding hydrogens is 268 g/mol. The Bertz CT molecular complexity index is 498. The Balaban J connectivity index is 1.97. The van der Waals surface area contributed by atoms with Crippen LogP contribution >= 0.6 is 11.3 Å². The van der Waals surface area contributed by atoms with E-state index in [1.54, 1.807) is 11.3 Å². The average Bonchev–Trinajstić information content (AvgIpc) is 2.95. The summed E-state index contributed by atoms with van der Waals surface area (Å²) >= 11 is 1.72. The molecule has 0 aliphatic carbocycles. The number of thiazole rings is 1. The minimum Gasteiger partial charge on any atom is -0.344 e. The van der Waals surface area contributed by atoms with Gasteiger partial charge in [0.1, 0.15) is 0 Å². The molecular formula is C15H22N4S. The van der Waals surface area contributed by atoms with Crippen molar-refractivity contribution < 1.29 is 0 Å². The molecule has 4 nitrogen and oxygen atoms in total. The smallest absolute Gasteiger partial charge is 0.185 e. The molecule has 0 saturated heterocycles. The van der Waals surface area contributed by atoms with Crippen LogP contribution < -0.4 is 10.2 Å². The van der Waals surface area contributed by atoms with Crippen molar-refractivity contribution in [3.8, 4) is 0 Å². The lowest BCUT2D eigenvalue weighted by Crippen LogP contribution is -2.22. The minimum atomic E-state index is 0.858. The van der Waals surface area contributed by atoms with Gasteiger partial charge in [0.15, 0.2) is 5.13 Å². The van der Waals surface area contributed by atoms with Crippen LogP contribution in [0, 0.1) is 0 Å². The summed E-state index contributed by atoms with van der Waals surface area (Å²) in [4.78, 5) is 11.1. The third kappa shape index (κ3) is 4.28. The van der Waals surface area contributed by atoms with Crippen molar-refractivity contribution in [1.29, 1.82) is 0 Å². The second kappa shape index (κ2) is 7.97. The van der Waals surface area contributed by atoms with Crippen molar-refractivity contribution in [1.82, 2.24) is 15.3 Å². The van der Waals surface area contributed by atoms with Gasteiger partial charge in [0, 0.05) is 37.4 Å². The lowest BCUT2D eigenvalue weighted by molar-refractivity contribution is 0.665. The predicted octanol–water partition coefficient (Wildman–Crippen LogP) is 3.06. The molecule has 0 radical (unpaired) electrons. The standard InChI is InChI=1S/C15H22N4S/c1-3-7-17-10-14-12-20-15(18-14)19(4-2)11-13-5-8-16-9-6-13/h5-6,8-9,12,17H,3-4,7,10-11H2,1-2H3. The van der Waals surface area contributed by atoms with Crippen LogP contribution in [0.5, 0.6) is 0 Å². The Morgan fingerprint density at radius 1 is 1.25 bits per heavy atom. The number of rotatable bonds is 8. The van der Waals surface area contributed by atoms with Gasteiger partial charge in [-0.1, -0.05) is 6.92 Å². The number of hydrogen-bond donors (Lipinski definition) is 1. The lowest BCUT2D eigenvalue weighted by atomic mass is 10.2. The summed E-state index contributed by atoms with van der Waals surface area (Å²) in [5, 5.41) is 6.63. The summed E-state index contributed by atoms with van der Waals surface area (Å²) < 4.78 is 0. The van der Waals surface area contributed by atoms with Gasteiger partial charge in [-0.25, -0.2) is 4.98 Å². The second-order valence-electron chi connectivity index (χ2n) is 4.67. The zero-order valence-electron chi connectivity index (χ0n) is 12.2. The topological polar surface area (TPSA) is 41.0 Å². The highest BCUT2D eigenvalue weighted by molar-refractivity contribution is 7.13. The Labute approximate surface area is 124 Å². The quantitative estimate of drug-likeness (QED) is 0.759. The first-order chi connectivity index (χ1) is 9.83. The summed E-state index contributed by atoms with van der Waals surface area (Å²) in [5.41, 5.74) is 2.40. The number of nitrogens with zero attached hydrogens (tertiary/aromatic N) is 3. The predicted molar refractivity (Wildman–Crippen MR) is 85.1 cm³/mol. The Morgan fingerprint density at radius 2 is 2.05 bits per heavy atom. The highest BCUT2D eigenvalue weighted by Gasteiger charge is 2.10. The number of nitrogens with one attached hydrogen (secondary N) is 1. The van der Waals surface area contributed by atoms with Gasteiger partial charge in [0.2, 0.25) is 0 Å². The molecule has 5 heteroatoms. The molecule has 0 saturated carbocycles.